The predicted octanol–water partition coefficient (Wildman–Crippen LogP) is 3.44. The fraction of sp³-hybridized carbons (Fsp3) is 0.150. The van der Waals surface area contributed by atoms with Gasteiger partial charge >= 0.3 is 0 Å². The average Bonchev–Trinajstić information content (AvgIpc) is 2.96. The minimum atomic E-state index is -0.773. The standard InChI is InChI=1S/C20H14ClF2N5O2/c21-12-7-24-28-16-6-10(20(29)25-11-8-30-9-11)4-5-15(16)26-18(27-19(12)28)17-13(22)2-1-3-14(17)23/h1-7,11H,8-9H2,(H,25,29)(H,26,27). The average molecular weight is 430 g/mol. The molecule has 2 aliphatic rings. The predicted molar refractivity (Wildman–Crippen MR) is 107 cm³/mol. The van der Waals surface area contributed by atoms with E-state index in [9.17, 15) is 13.6 Å². The van der Waals surface area contributed by atoms with E-state index in [0.717, 1.165) is 12.1 Å². The van der Waals surface area contributed by atoms with Crippen LogP contribution in [0.5, 0.6) is 0 Å². The van der Waals surface area contributed by atoms with Crippen LogP contribution in [0.3, 0.4) is 0 Å². The van der Waals surface area contributed by atoms with E-state index in [0.29, 0.717) is 30.2 Å². The molecule has 3 aromatic rings. The Hall–Kier alpha value is -3.30. The van der Waals surface area contributed by atoms with Gasteiger partial charge in [0.1, 0.15) is 22.5 Å². The fourth-order valence-corrected chi connectivity index (χ4v) is 3.41. The summed E-state index contributed by atoms with van der Waals surface area (Å²) in [4.78, 5) is 16.9. The van der Waals surface area contributed by atoms with Gasteiger partial charge in [0, 0.05) is 5.56 Å². The highest BCUT2D eigenvalue weighted by Gasteiger charge is 2.26. The van der Waals surface area contributed by atoms with Crippen molar-refractivity contribution in [2.45, 2.75) is 6.04 Å². The molecule has 2 aliphatic heterocycles. The number of nitrogens with one attached hydrogen (secondary N) is 2. The second-order valence-electron chi connectivity index (χ2n) is 6.85. The summed E-state index contributed by atoms with van der Waals surface area (Å²) < 4.78 is 35.3. The second-order valence-corrected chi connectivity index (χ2v) is 7.26. The van der Waals surface area contributed by atoms with Gasteiger partial charge in [-0.15, -0.1) is 0 Å². The van der Waals surface area contributed by atoms with Crippen LogP contribution in [0.1, 0.15) is 15.9 Å². The lowest BCUT2D eigenvalue weighted by atomic mass is 10.1. The minimum Gasteiger partial charge on any atom is -0.377 e. The van der Waals surface area contributed by atoms with Gasteiger partial charge in [0.2, 0.25) is 0 Å². The summed E-state index contributed by atoms with van der Waals surface area (Å²) in [5.41, 5.74) is 0.991. The smallest absolute Gasteiger partial charge is 0.251 e. The molecule has 7 nitrogen and oxygen atoms in total. The van der Waals surface area contributed by atoms with Gasteiger partial charge in [-0.2, -0.15) is 5.10 Å². The van der Waals surface area contributed by atoms with Crippen molar-refractivity contribution in [3.63, 3.8) is 0 Å². The molecule has 0 radical (unpaired) electrons. The zero-order valence-corrected chi connectivity index (χ0v) is 16.1. The number of amides is 1. The molecule has 0 saturated carbocycles. The van der Waals surface area contributed by atoms with Crippen molar-refractivity contribution in [3.8, 4) is 5.69 Å². The Morgan fingerprint density at radius 1 is 1.23 bits per heavy atom. The first-order valence-electron chi connectivity index (χ1n) is 9.08. The zero-order valence-electron chi connectivity index (χ0n) is 15.3. The summed E-state index contributed by atoms with van der Waals surface area (Å²) >= 11 is 6.23. The van der Waals surface area contributed by atoms with E-state index in [1.807, 2.05) is 0 Å². The first-order chi connectivity index (χ1) is 14.5. The molecule has 1 aromatic heterocycles. The third kappa shape index (κ3) is 3.12. The number of anilines is 1. The molecule has 0 bridgehead atoms. The van der Waals surface area contributed by atoms with Gasteiger partial charge in [-0.1, -0.05) is 17.7 Å². The van der Waals surface area contributed by atoms with E-state index < -0.39 is 11.6 Å². The summed E-state index contributed by atoms with van der Waals surface area (Å²) in [6.07, 6.45) is 1.38. The number of aromatic nitrogens is 2. The van der Waals surface area contributed by atoms with Crippen molar-refractivity contribution < 1.29 is 18.3 Å². The summed E-state index contributed by atoms with van der Waals surface area (Å²) in [5.74, 6) is -1.69. The van der Waals surface area contributed by atoms with Crippen LogP contribution < -0.4 is 10.6 Å². The van der Waals surface area contributed by atoms with Gasteiger partial charge in [-0.05, 0) is 30.3 Å². The Morgan fingerprint density at radius 3 is 2.70 bits per heavy atom. The first kappa shape index (κ1) is 18.7. The molecule has 0 unspecified atom stereocenters. The number of hydrogen-bond acceptors (Lipinski definition) is 5. The molecule has 10 heteroatoms. The maximum absolute atomic E-state index is 14.4. The van der Waals surface area contributed by atoms with Crippen LogP contribution in [0.2, 0.25) is 5.02 Å². The highest BCUT2D eigenvalue weighted by Crippen LogP contribution is 2.35. The van der Waals surface area contributed by atoms with Crippen LogP contribution in [-0.4, -0.2) is 40.8 Å². The number of rotatable bonds is 3. The molecule has 1 amide bonds. The lowest BCUT2D eigenvalue weighted by molar-refractivity contribution is -0.00346. The molecule has 3 heterocycles. The molecule has 5 rings (SSSR count). The molecule has 1 fully saturated rings. The number of carbonyl (C=O) groups is 1. The van der Waals surface area contributed by atoms with Crippen LogP contribution in [0.4, 0.5) is 20.3 Å². The van der Waals surface area contributed by atoms with Crippen molar-refractivity contribution in [1.29, 1.82) is 0 Å². The molecule has 30 heavy (non-hydrogen) atoms. The first-order valence-corrected chi connectivity index (χ1v) is 9.45. The maximum atomic E-state index is 14.4. The zero-order chi connectivity index (χ0) is 20.8. The Balaban J connectivity index is 1.61. The van der Waals surface area contributed by atoms with E-state index in [1.165, 1.54) is 16.9 Å². The fourth-order valence-electron chi connectivity index (χ4n) is 3.24. The highest BCUT2D eigenvalue weighted by atomic mass is 35.5. The number of nitrogens with zero attached hydrogens (tertiary/aromatic N) is 3. The molecular weight excluding hydrogens is 416 g/mol. The number of ether oxygens (including phenoxy) is 1. The third-order valence-electron chi connectivity index (χ3n) is 4.83. The van der Waals surface area contributed by atoms with E-state index >= 15 is 0 Å². The summed E-state index contributed by atoms with van der Waals surface area (Å²) in [7, 11) is 0. The van der Waals surface area contributed by atoms with Gasteiger partial charge in [0.25, 0.3) is 5.91 Å². The maximum Gasteiger partial charge on any atom is 0.251 e. The number of carbonyl (C=O) groups excluding carboxylic acids is 1. The molecule has 1 saturated heterocycles. The normalized spacial score (nSPS) is 15.2. The summed E-state index contributed by atoms with van der Waals surface area (Å²) in [6, 6.07) is 8.38. The number of halogens is 3. The molecule has 2 N–H and O–H groups in total. The summed E-state index contributed by atoms with van der Waals surface area (Å²) in [6.45, 7) is 0.950. The Kier molecular flexibility index (Phi) is 4.48. The van der Waals surface area contributed by atoms with Gasteiger partial charge in [-0.25, -0.2) is 18.5 Å². The van der Waals surface area contributed by atoms with Crippen molar-refractivity contribution in [1.82, 2.24) is 15.1 Å². The number of aliphatic imine (C=N–C) groups is 1. The largest absolute Gasteiger partial charge is 0.377 e. The molecule has 152 valence electrons. The topological polar surface area (TPSA) is 80.5 Å². The van der Waals surface area contributed by atoms with Gasteiger partial charge in [-0.3, -0.25) is 4.79 Å². The molecule has 0 aliphatic carbocycles. The number of amidine groups is 1. The Labute approximate surface area is 174 Å². The second kappa shape index (κ2) is 7.19. The van der Waals surface area contributed by atoms with Crippen molar-refractivity contribution in [2.24, 2.45) is 4.99 Å². The molecule has 2 aromatic carbocycles. The highest BCUT2D eigenvalue weighted by molar-refractivity contribution is 6.33. The van der Waals surface area contributed by atoms with E-state index in [2.05, 4.69) is 20.7 Å². The SMILES string of the molecule is O=C(NC1COC1)c1ccc2c(c1)-n1ncc(Cl)c1N=C(c1c(F)cccc1F)N2. The lowest BCUT2D eigenvalue weighted by Gasteiger charge is -2.26. The van der Waals surface area contributed by atoms with E-state index in [1.54, 1.807) is 18.2 Å². The van der Waals surface area contributed by atoms with Crippen molar-refractivity contribution in [3.05, 3.63) is 70.4 Å². The monoisotopic (exact) mass is 429 g/mol. The third-order valence-corrected chi connectivity index (χ3v) is 5.10. The van der Waals surface area contributed by atoms with Crippen molar-refractivity contribution in [2.75, 3.05) is 18.5 Å². The Bertz CT molecular complexity index is 1190. The van der Waals surface area contributed by atoms with Crippen LogP contribution in [0, 0.1) is 11.6 Å². The number of fused-ring (bicyclic) bond motifs is 3. The minimum absolute atomic E-state index is 0.0249. The van der Waals surface area contributed by atoms with E-state index in [-0.39, 0.29) is 34.2 Å². The molecule has 0 atom stereocenters. The van der Waals surface area contributed by atoms with Gasteiger partial charge in [0.15, 0.2) is 5.82 Å². The number of benzene rings is 2. The van der Waals surface area contributed by atoms with Crippen LogP contribution in [0.15, 0.2) is 47.6 Å². The van der Waals surface area contributed by atoms with Crippen molar-refractivity contribution >= 4 is 34.8 Å². The van der Waals surface area contributed by atoms with Crippen LogP contribution in [-0.2, 0) is 4.74 Å². The number of hydrogen-bond donors (Lipinski definition) is 2. The van der Waals surface area contributed by atoms with Crippen LogP contribution >= 0.6 is 11.6 Å². The summed E-state index contributed by atoms with van der Waals surface area (Å²) in [5, 5.41) is 10.2. The molecular formula is C20H14ClF2N5O2. The Morgan fingerprint density at radius 2 is 2.00 bits per heavy atom. The quantitative estimate of drug-likeness (QED) is 0.668. The van der Waals surface area contributed by atoms with Crippen LogP contribution in [0.25, 0.3) is 5.69 Å². The van der Waals surface area contributed by atoms with Gasteiger partial charge in [0.05, 0.1) is 42.4 Å². The lowest BCUT2D eigenvalue weighted by Crippen LogP contribution is -2.48. The van der Waals surface area contributed by atoms with E-state index in [4.69, 9.17) is 16.3 Å². The van der Waals surface area contributed by atoms with Gasteiger partial charge < -0.3 is 15.4 Å². The molecule has 0 spiro atoms.